The molecule has 4 rings (SSSR count). The predicted octanol–water partition coefficient (Wildman–Crippen LogP) is 3.22. The number of nitrogens with one attached hydrogen (secondary N) is 2. The van der Waals surface area contributed by atoms with Gasteiger partial charge in [0.2, 0.25) is 0 Å². The second kappa shape index (κ2) is 8.40. The Morgan fingerprint density at radius 2 is 2.07 bits per heavy atom. The van der Waals surface area contributed by atoms with E-state index in [0.29, 0.717) is 29.1 Å². The van der Waals surface area contributed by atoms with Crippen LogP contribution in [0.2, 0.25) is 0 Å². The van der Waals surface area contributed by atoms with E-state index in [-0.39, 0.29) is 12.1 Å². The Labute approximate surface area is 169 Å². The van der Waals surface area contributed by atoms with Crippen LogP contribution in [0.1, 0.15) is 24.7 Å². The fourth-order valence-electron chi connectivity index (χ4n) is 3.59. The summed E-state index contributed by atoms with van der Waals surface area (Å²) in [5.41, 5.74) is 2.46. The molecular weight excluding hydrogens is 368 g/mol. The first-order chi connectivity index (χ1) is 14.1. The Morgan fingerprint density at radius 1 is 1.24 bits per heavy atom. The zero-order valence-electron chi connectivity index (χ0n) is 16.5. The lowest BCUT2D eigenvalue weighted by Crippen LogP contribution is -2.39. The van der Waals surface area contributed by atoms with Gasteiger partial charge in [0.05, 0.1) is 11.9 Å². The van der Waals surface area contributed by atoms with Crippen molar-refractivity contribution in [2.45, 2.75) is 38.9 Å². The van der Waals surface area contributed by atoms with Gasteiger partial charge < -0.3 is 15.2 Å². The topological polar surface area (TPSA) is 96.2 Å². The Kier molecular flexibility index (Phi) is 5.53. The van der Waals surface area contributed by atoms with E-state index in [1.165, 1.54) is 5.56 Å². The summed E-state index contributed by atoms with van der Waals surface area (Å²) in [6.45, 7) is 5.67. The highest BCUT2D eigenvalue weighted by Gasteiger charge is 2.29. The highest BCUT2D eigenvalue weighted by atomic mass is 16.5. The molecule has 2 atom stereocenters. The molecule has 8 heteroatoms. The zero-order valence-corrected chi connectivity index (χ0v) is 16.5. The molecular formula is C21H24N6O2. The molecule has 150 valence electrons. The SMILES string of the molecule is Cc1noc(-c2ccc(NC(=O)NC3CC(C)N(Cc4ccccc4)C3)cn2)n1. The molecule has 2 unspecified atom stereocenters. The number of carbonyl (C=O) groups is 1. The summed E-state index contributed by atoms with van der Waals surface area (Å²) in [5, 5.41) is 9.65. The minimum absolute atomic E-state index is 0.113. The highest BCUT2D eigenvalue weighted by molar-refractivity contribution is 5.89. The lowest BCUT2D eigenvalue weighted by Gasteiger charge is -2.20. The molecule has 0 spiro atoms. The summed E-state index contributed by atoms with van der Waals surface area (Å²) in [6, 6.07) is 14.2. The summed E-state index contributed by atoms with van der Waals surface area (Å²) in [5.74, 6) is 0.910. The van der Waals surface area contributed by atoms with Gasteiger partial charge in [0.1, 0.15) is 5.69 Å². The van der Waals surface area contributed by atoms with Gasteiger partial charge in [0, 0.05) is 25.2 Å². The van der Waals surface area contributed by atoms with Crippen molar-refractivity contribution in [2.24, 2.45) is 0 Å². The fourth-order valence-corrected chi connectivity index (χ4v) is 3.59. The largest absolute Gasteiger partial charge is 0.334 e. The normalized spacial score (nSPS) is 19.2. The molecule has 1 aliphatic heterocycles. The third-order valence-corrected chi connectivity index (χ3v) is 5.04. The van der Waals surface area contributed by atoms with Gasteiger partial charge in [-0.15, -0.1) is 0 Å². The molecule has 2 amide bonds. The van der Waals surface area contributed by atoms with Crippen molar-refractivity contribution in [3.8, 4) is 11.6 Å². The molecule has 1 fully saturated rings. The number of amides is 2. The number of likely N-dealkylation sites (tertiary alicyclic amines) is 1. The Balaban J connectivity index is 1.29. The average Bonchev–Trinajstić information content (AvgIpc) is 3.29. The van der Waals surface area contributed by atoms with Crippen molar-refractivity contribution in [1.82, 2.24) is 25.3 Å². The molecule has 3 aromatic rings. The van der Waals surface area contributed by atoms with Crippen LogP contribution in [0.3, 0.4) is 0 Å². The third-order valence-electron chi connectivity index (χ3n) is 5.04. The molecule has 2 N–H and O–H groups in total. The molecule has 0 bridgehead atoms. The second-order valence-corrected chi connectivity index (χ2v) is 7.37. The molecule has 1 saturated heterocycles. The maximum atomic E-state index is 12.4. The van der Waals surface area contributed by atoms with E-state index >= 15 is 0 Å². The van der Waals surface area contributed by atoms with Crippen LogP contribution in [-0.4, -0.2) is 44.7 Å². The Hall–Kier alpha value is -3.26. The van der Waals surface area contributed by atoms with E-state index in [4.69, 9.17) is 4.52 Å². The van der Waals surface area contributed by atoms with E-state index in [1.54, 1.807) is 25.3 Å². The number of hydrogen-bond acceptors (Lipinski definition) is 6. The van der Waals surface area contributed by atoms with Crippen LogP contribution < -0.4 is 10.6 Å². The van der Waals surface area contributed by atoms with Crippen LogP contribution in [0, 0.1) is 6.92 Å². The number of nitrogens with zero attached hydrogens (tertiary/aromatic N) is 4. The van der Waals surface area contributed by atoms with Gasteiger partial charge in [-0.25, -0.2) is 9.78 Å². The summed E-state index contributed by atoms with van der Waals surface area (Å²) >= 11 is 0. The summed E-state index contributed by atoms with van der Waals surface area (Å²) in [6.07, 6.45) is 2.50. The zero-order chi connectivity index (χ0) is 20.2. The smallest absolute Gasteiger partial charge is 0.319 e. The van der Waals surface area contributed by atoms with E-state index in [9.17, 15) is 4.79 Å². The maximum absolute atomic E-state index is 12.4. The van der Waals surface area contributed by atoms with Gasteiger partial charge in [-0.3, -0.25) is 4.90 Å². The number of aromatic nitrogens is 3. The summed E-state index contributed by atoms with van der Waals surface area (Å²) < 4.78 is 5.09. The lowest BCUT2D eigenvalue weighted by molar-refractivity contribution is 0.244. The number of carbonyl (C=O) groups excluding carboxylic acids is 1. The summed E-state index contributed by atoms with van der Waals surface area (Å²) in [7, 11) is 0. The molecule has 8 nitrogen and oxygen atoms in total. The van der Waals surface area contributed by atoms with Crippen molar-refractivity contribution in [3.63, 3.8) is 0 Å². The van der Waals surface area contributed by atoms with Gasteiger partial charge in [0.15, 0.2) is 5.82 Å². The molecule has 29 heavy (non-hydrogen) atoms. The molecule has 1 aromatic carbocycles. The van der Waals surface area contributed by atoms with Crippen LogP contribution in [0.5, 0.6) is 0 Å². The van der Waals surface area contributed by atoms with Gasteiger partial charge >= 0.3 is 6.03 Å². The highest BCUT2D eigenvalue weighted by Crippen LogP contribution is 2.21. The third kappa shape index (κ3) is 4.78. The van der Waals surface area contributed by atoms with Crippen molar-refractivity contribution >= 4 is 11.7 Å². The summed E-state index contributed by atoms with van der Waals surface area (Å²) in [4.78, 5) is 23.2. The second-order valence-electron chi connectivity index (χ2n) is 7.37. The fraction of sp³-hybridized carbons (Fsp3) is 0.333. The van der Waals surface area contributed by atoms with Gasteiger partial charge in [-0.2, -0.15) is 4.98 Å². The first-order valence-electron chi connectivity index (χ1n) is 9.69. The molecule has 1 aliphatic rings. The number of aryl methyl sites for hydroxylation is 1. The standard InChI is InChI=1S/C21H24N6O2/c1-14-10-18(13-27(14)12-16-6-4-3-5-7-16)25-21(28)24-17-8-9-19(22-11-17)20-23-15(2)26-29-20/h3-9,11,14,18H,10,12-13H2,1-2H3,(H2,24,25,28). The van der Waals surface area contributed by atoms with E-state index in [1.807, 2.05) is 6.07 Å². The Bertz CT molecular complexity index is 957. The number of rotatable bonds is 5. The number of anilines is 1. The van der Waals surface area contributed by atoms with Crippen molar-refractivity contribution in [1.29, 1.82) is 0 Å². The quantitative estimate of drug-likeness (QED) is 0.692. The predicted molar refractivity (Wildman–Crippen MR) is 109 cm³/mol. The maximum Gasteiger partial charge on any atom is 0.319 e. The minimum atomic E-state index is -0.230. The van der Waals surface area contributed by atoms with E-state index in [0.717, 1.165) is 19.5 Å². The van der Waals surface area contributed by atoms with Gasteiger partial charge in [-0.05, 0) is 38.0 Å². The van der Waals surface area contributed by atoms with Crippen molar-refractivity contribution in [2.75, 3.05) is 11.9 Å². The number of pyridine rings is 1. The van der Waals surface area contributed by atoms with E-state index < -0.39 is 0 Å². The molecule has 2 aromatic heterocycles. The van der Waals surface area contributed by atoms with Crippen LogP contribution in [0.4, 0.5) is 10.5 Å². The number of benzene rings is 1. The number of hydrogen-bond donors (Lipinski definition) is 2. The molecule has 3 heterocycles. The first-order valence-corrected chi connectivity index (χ1v) is 9.69. The van der Waals surface area contributed by atoms with Crippen molar-refractivity contribution in [3.05, 3.63) is 60.0 Å². The lowest BCUT2D eigenvalue weighted by atomic mass is 10.2. The average molecular weight is 392 g/mol. The minimum Gasteiger partial charge on any atom is -0.334 e. The molecule has 0 saturated carbocycles. The monoisotopic (exact) mass is 392 g/mol. The van der Waals surface area contributed by atoms with Crippen LogP contribution in [0.25, 0.3) is 11.6 Å². The van der Waals surface area contributed by atoms with Gasteiger partial charge in [0.25, 0.3) is 5.89 Å². The first kappa shape index (κ1) is 19.1. The van der Waals surface area contributed by atoms with Crippen molar-refractivity contribution < 1.29 is 9.32 Å². The molecule has 0 radical (unpaired) electrons. The van der Waals surface area contributed by atoms with E-state index in [2.05, 4.69) is 61.8 Å². The van der Waals surface area contributed by atoms with Gasteiger partial charge in [-0.1, -0.05) is 35.5 Å². The number of urea groups is 1. The molecule has 0 aliphatic carbocycles. The van der Waals surface area contributed by atoms with Crippen LogP contribution >= 0.6 is 0 Å². The van der Waals surface area contributed by atoms with Crippen LogP contribution in [0.15, 0.2) is 53.2 Å². The Morgan fingerprint density at radius 3 is 2.76 bits per heavy atom. The van der Waals surface area contributed by atoms with Crippen LogP contribution in [-0.2, 0) is 6.54 Å².